The zero-order valence-corrected chi connectivity index (χ0v) is 17.8. The van der Waals surface area contributed by atoms with Gasteiger partial charge in [0.15, 0.2) is 6.23 Å². The molecule has 1 amide bonds. The van der Waals surface area contributed by atoms with Crippen molar-refractivity contribution in [1.29, 1.82) is 0 Å². The quantitative estimate of drug-likeness (QED) is 0.447. The summed E-state index contributed by atoms with van der Waals surface area (Å²) in [7, 11) is -3.63. The largest absolute Gasteiger partial charge is 0.494 e. The molecule has 29 heavy (non-hydrogen) atoms. The van der Waals surface area contributed by atoms with Crippen LogP contribution in [0, 0.1) is 0 Å². The Hall–Kier alpha value is -2.17. The van der Waals surface area contributed by atoms with Crippen LogP contribution in [0.25, 0.3) is 0 Å². The number of hydrogen-bond donors (Lipinski definition) is 2. The first-order valence-electron chi connectivity index (χ1n) is 9.69. The SMILES string of the molecule is CCCCOc1ccc(C(=O)NC2C(OC(=O)CC)NCCN2S(C)(=O)=O)cc1. The van der Waals surface area contributed by atoms with Crippen molar-refractivity contribution in [3.63, 3.8) is 0 Å². The van der Waals surface area contributed by atoms with Crippen molar-refractivity contribution in [2.75, 3.05) is 26.0 Å². The molecule has 2 N–H and O–H groups in total. The number of nitrogens with zero attached hydrogens (tertiary/aromatic N) is 1. The highest BCUT2D eigenvalue weighted by Gasteiger charge is 2.39. The maximum absolute atomic E-state index is 12.7. The first-order valence-corrected chi connectivity index (χ1v) is 11.5. The molecule has 1 aliphatic heterocycles. The summed E-state index contributed by atoms with van der Waals surface area (Å²) >= 11 is 0. The van der Waals surface area contributed by atoms with Gasteiger partial charge in [0.1, 0.15) is 11.9 Å². The highest BCUT2D eigenvalue weighted by molar-refractivity contribution is 7.88. The monoisotopic (exact) mass is 427 g/mol. The van der Waals surface area contributed by atoms with Crippen LogP contribution in [0.3, 0.4) is 0 Å². The standard InChI is InChI=1S/C19H29N3O6S/c1-4-6-13-27-15-9-7-14(8-10-15)18(24)21-17-19(28-16(23)5-2)20-11-12-22(17)29(3,25)26/h7-10,17,19-20H,4-6,11-13H2,1-3H3,(H,21,24). The third kappa shape index (κ3) is 6.69. The second-order valence-corrected chi connectivity index (χ2v) is 8.67. The lowest BCUT2D eigenvalue weighted by atomic mass is 10.2. The Morgan fingerprint density at radius 2 is 1.93 bits per heavy atom. The van der Waals surface area contributed by atoms with Crippen molar-refractivity contribution in [2.45, 2.75) is 45.5 Å². The molecule has 0 bridgehead atoms. The van der Waals surface area contributed by atoms with Gasteiger partial charge in [-0.1, -0.05) is 20.3 Å². The molecule has 1 fully saturated rings. The summed E-state index contributed by atoms with van der Waals surface area (Å²) in [4.78, 5) is 24.4. The molecule has 162 valence electrons. The van der Waals surface area contributed by atoms with Crippen LogP contribution in [0.15, 0.2) is 24.3 Å². The average molecular weight is 428 g/mol. The number of unbranched alkanes of at least 4 members (excludes halogenated alkanes) is 1. The number of rotatable bonds is 9. The molecule has 0 radical (unpaired) electrons. The van der Waals surface area contributed by atoms with Gasteiger partial charge in [0.2, 0.25) is 10.0 Å². The van der Waals surface area contributed by atoms with E-state index in [1.807, 2.05) is 0 Å². The number of benzene rings is 1. The minimum Gasteiger partial charge on any atom is -0.494 e. The number of sulfonamides is 1. The van der Waals surface area contributed by atoms with Crippen molar-refractivity contribution < 1.29 is 27.5 Å². The van der Waals surface area contributed by atoms with Crippen molar-refractivity contribution in [2.24, 2.45) is 0 Å². The van der Waals surface area contributed by atoms with Gasteiger partial charge in [-0.2, -0.15) is 4.31 Å². The summed E-state index contributed by atoms with van der Waals surface area (Å²) in [5.74, 6) is -0.322. The summed E-state index contributed by atoms with van der Waals surface area (Å²) in [5.41, 5.74) is 0.340. The van der Waals surface area contributed by atoms with Crippen LogP contribution >= 0.6 is 0 Å². The highest BCUT2D eigenvalue weighted by Crippen LogP contribution is 2.16. The Morgan fingerprint density at radius 3 is 2.52 bits per heavy atom. The first kappa shape index (κ1) is 23.1. The van der Waals surface area contributed by atoms with Gasteiger partial charge in [0, 0.05) is 25.1 Å². The number of nitrogens with one attached hydrogen (secondary N) is 2. The summed E-state index contributed by atoms with van der Waals surface area (Å²) in [5, 5.41) is 5.62. The van der Waals surface area contributed by atoms with E-state index in [-0.39, 0.29) is 13.0 Å². The van der Waals surface area contributed by atoms with Crippen LogP contribution in [-0.4, -0.2) is 62.9 Å². The van der Waals surface area contributed by atoms with Crippen LogP contribution in [0.1, 0.15) is 43.5 Å². The fourth-order valence-corrected chi connectivity index (χ4v) is 3.82. The molecule has 0 saturated carbocycles. The number of hydrogen-bond acceptors (Lipinski definition) is 7. The number of ether oxygens (including phenoxy) is 2. The van der Waals surface area contributed by atoms with Gasteiger partial charge in [-0.15, -0.1) is 0 Å². The second kappa shape index (κ2) is 10.6. The number of amides is 1. The smallest absolute Gasteiger partial charge is 0.307 e. The zero-order chi connectivity index (χ0) is 21.4. The van der Waals surface area contributed by atoms with Gasteiger partial charge in [0.05, 0.1) is 12.9 Å². The molecule has 0 spiro atoms. The Labute approximate surface area is 171 Å². The Morgan fingerprint density at radius 1 is 1.24 bits per heavy atom. The molecular formula is C19H29N3O6S. The molecule has 1 aromatic carbocycles. The summed E-state index contributed by atoms with van der Waals surface area (Å²) in [6, 6.07) is 6.58. The zero-order valence-electron chi connectivity index (χ0n) is 17.0. The first-order chi connectivity index (χ1) is 13.8. The third-order valence-electron chi connectivity index (χ3n) is 4.41. The number of esters is 1. The molecule has 1 aliphatic rings. The minimum atomic E-state index is -3.63. The molecule has 1 saturated heterocycles. The molecular weight excluding hydrogens is 398 g/mol. The van der Waals surface area contributed by atoms with Crippen molar-refractivity contribution in [1.82, 2.24) is 14.9 Å². The van der Waals surface area contributed by atoms with E-state index in [0.29, 0.717) is 24.5 Å². The highest BCUT2D eigenvalue weighted by atomic mass is 32.2. The fraction of sp³-hybridized carbons (Fsp3) is 0.579. The Bertz CT molecular complexity index is 797. The van der Waals surface area contributed by atoms with Crippen LogP contribution in [0.5, 0.6) is 5.75 Å². The van der Waals surface area contributed by atoms with E-state index in [1.54, 1.807) is 31.2 Å². The molecule has 1 heterocycles. The Balaban J connectivity index is 2.14. The molecule has 0 aromatic heterocycles. The fourth-order valence-electron chi connectivity index (χ4n) is 2.82. The number of carbonyl (C=O) groups is 2. The predicted molar refractivity (Wildman–Crippen MR) is 108 cm³/mol. The van der Waals surface area contributed by atoms with Gasteiger partial charge in [0.25, 0.3) is 5.91 Å². The average Bonchev–Trinajstić information content (AvgIpc) is 2.69. The molecule has 2 atom stereocenters. The van der Waals surface area contributed by atoms with E-state index in [1.165, 1.54) is 0 Å². The lowest BCUT2D eigenvalue weighted by molar-refractivity contribution is -0.155. The molecule has 0 aliphatic carbocycles. The normalized spacial score (nSPS) is 20.1. The van der Waals surface area contributed by atoms with Gasteiger partial charge < -0.3 is 14.8 Å². The van der Waals surface area contributed by atoms with Crippen LogP contribution in [-0.2, 0) is 19.6 Å². The minimum absolute atomic E-state index is 0.136. The molecule has 2 rings (SSSR count). The van der Waals surface area contributed by atoms with E-state index in [2.05, 4.69) is 17.6 Å². The lowest BCUT2D eigenvalue weighted by Gasteiger charge is -2.39. The van der Waals surface area contributed by atoms with E-state index in [4.69, 9.17) is 9.47 Å². The van der Waals surface area contributed by atoms with Gasteiger partial charge >= 0.3 is 5.97 Å². The Kier molecular flexibility index (Phi) is 8.42. The predicted octanol–water partition coefficient (Wildman–Crippen LogP) is 1.07. The van der Waals surface area contributed by atoms with Crippen LogP contribution in [0.2, 0.25) is 0 Å². The molecule has 9 nitrogen and oxygen atoms in total. The van der Waals surface area contributed by atoms with E-state index in [9.17, 15) is 18.0 Å². The van der Waals surface area contributed by atoms with Crippen molar-refractivity contribution >= 4 is 21.9 Å². The van der Waals surface area contributed by atoms with E-state index >= 15 is 0 Å². The lowest BCUT2D eigenvalue weighted by Crippen LogP contribution is -2.66. The summed E-state index contributed by atoms with van der Waals surface area (Å²) < 4.78 is 36.4. The van der Waals surface area contributed by atoms with Crippen molar-refractivity contribution in [3.05, 3.63) is 29.8 Å². The molecule has 10 heteroatoms. The van der Waals surface area contributed by atoms with Gasteiger partial charge in [-0.3, -0.25) is 14.9 Å². The molecule has 1 aromatic rings. The number of piperazine rings is 1. The van der Waals surface area contributed by atoms with Gasteiger partial charge in [-0.25, -0.2) is 8.42 Å². The van der Waals surface area contributed by atoms with E-state index in [0.717, 1.165) is 23.4 Å². The van der Waals surface area contributed by atoms with Gasteiger partial charge in [-0.05, 0) is 30.7 Å². The van der Waals surface area contributed by atoms with E-state index < -0.39 is 34.3 Å². The maximum Gasteiger partial charge on any atom is 0.307 e. The van der Waals surface area contributed by atoms with Crippen LogP contribution < -0.4 is 15.4 Å². The van der Waals surface area contributed by atoms with Crippen molar-refractivity contribution in [3.8, 4) is 5.75 Å². The number of carbonyl (C=O) groups excluding carboxylic acids is 2. The maximum atomic E-state index is 12.7. The third-order valence-corrected chi connectivity index (χ3v) is 5.67. The summed E-state index contributed by atoms with van der Waals surface area (Å²) in [6.07, 6.45) is 1.12. The second-order valence-electron chi connectivity index (χ2n) is 6.74. The molecule has 2 unspecified atom stereocenters. The topological polar surface area (TPSA) is 114 Å². The summed E-state index contributed by atoms with van der Waals surface area (Å²) in [6.45, 7) is 4.75. The van der Waals surface area contributed by atoms with Crippen LogP contribution in [0.4, 0.5) is 0 Å².